The molecule has 0 heterocycles. The van der Waals surface area contributed by atoms with E-state index in [9.17, 15) is 9.90 Å². The molecule has 0 radical (unpaired) electrons. The average molecular weight is 251 g/mol. The summed E-state index contributed by atoms with van der Waals surface area (Å²) in [5.74, 6) is -0.278. The van der Waals surface area contributed by atoms with Crippen LogP contribution in [0.4, 0.5) is 0 Å². The molecule has 0 amide bonds. The number of carbonyl (C=O) groups excluding carboxylic acids is 1. The molecule has 1 aromatic rings. The molecule has 7 heteroatoms. The van der Waals surface area contributed by atoms with Crippen LogP contribution in [0.2, 0.25) is 0 Å². The molecular formula is C11H13N3O4. The molecule has 1 rings (SSSR count). The van der Waals surface area contributed by atoms with Crippen molar-refractivity contribution < 1.29 is 19.4 Å². The number of hydrogen-bond acceptors (Lipinski definition) is 5. The van der Waals surface area contributed by atoms with Crippen molar-refractivity contribution in [3.05, 3.63) is 40.3 Å². The normalized spacial score (nSPS) is 13.1. The van der Waals surface area contributed by atoms with Crippen LogP contribution in [0.25, 0.3) is 10.4 Å². The SMILES string of the molecule is COC(=O)C(N=[N+]=[N-])C(O)c1cccc(OC)c1. The highest BCUT2D eigenvalue weighted by Crippen LogP contribution is 2.24. The van der Waals surface area contributed by atoms with Crippen LogP contribution in [-0.4, -0.2) is 31.3 Å². The second-order valence-corrected chi connectivity index (χ2v) is 3.39. The molecule has 96 valence electrons. The number of hydrogen-bond donors (Lipinski definition) is 1. The molecule has 0 aliphatic rings. The standard InChI is InChI=1S/C11H13N3O4/c1-17-8-5-3-4-7(6-8)10(15)9(13-14-12)11(16)18-2/h3-6,9-10,15H,1-2H3. The number of aliphatic hydroxyl groups excluding tert-OH is 1. The first-order valence-corrected chi connectivity index (χ1v) is 5.08. The fourth-order valence-corrected chi connectivity index (χ4v) is 1.42. The minimum atomic E-state index is -1.33. The highest BCUT2D eigenvalue weighted by molar-refractivity contribution is 5.76. The van der Waals surface area contributed by atoms with E-state index in [2.05, 4.69) is 14.8 Å². The van der Waals surface area contributed by atoms with Gasteiger partial charge >= 0.3 is 5.97 Å². The summed E-state index contributed by atoms with van der Waals surface area (Å²) in [6, 6.07) is 5.16. The third kappa shape index (κ3) is 3.13. The lowest BCUT2D eigenvalue weighted by atomic mass is 10.0. The van der Waals surface area contributed by atoms with Gasteiger partial charge in [-0.3, -0.25) is 4.79 Å². The van der Waals surface area contributed by atoms with E-state index in [1.165, 1.54) is 7.11 Å². The van der Waals surface area contributed by atoms with Gasteiger partial charge < -0.3 is 14.6 Å². The van der Waals surface area contributed by atoms with Crippen molar-refractivity contribution in [2.24, 2.45) is 5.11 Å². The Morgan fingerprint density at radius 3 is 2.78 bits per heavy atom. The summed E-state index contributed by atoms with van der Waals surface area (Å²) >= 11 is 0. The molecule has 2 unspecified atom stereocenters. The van der Waals surface area contributed by atoms with E-state index < -0.39 is 18.1 Å². The maximum Gasteiger partial charge on any atom is 0.317 e. The van der Waals surface area contributed by atoms with E-state index in [0.717, 1.165) is 7.11 Å². The number of nitrogens with zero attached hydrogens (tertiary/aromatic N) is 3. The summed E-state index contributed by atoms with van der Waals surface area (Å²) in [5, 5.41) is 13.3. The molecule has 18 heavy (non-hydrogen) atoms. The van der Waals surface area contributed by atoms with Crippen LogP contribution in [0.15, 0.2) is 29.4 Å². The smallest absolute Gasteiger partial charge is 0.317 e. The summed E-state index contributed by atoms with van der Waals surface area (Å²) < 4.78 is 9.47. The van der Waals surface area contributed by atoms with Crippen molar-refractivity contribution in [1.82, 2.24) is 0 Å². The Balaban J connectivity index is 3.04. The monoisotopic (exact) mass is 251 g/mol. The topological polar surface area (TPSA) is 105 Å². The van der Waals surface area contributed by atoms with E-state index in [0.29, 0.717) is 11.3 Å². The fraction of sp³-hybridized carbons (Fsp3) is 0.364. The van der Waals surface area contributed by atoms with Crippen molar-refractivity contribution in [2.75, 3.05) is 14.2 Å². The minimum absolute atomic E-state index is 0.400. The third-order valence-corrected chi connectivity index (χ3v) is 2.35. The summed E-state index contributed by atoms with van der Waals surface area (Å²) in [5.41, 5.74) is 8.79. The molecular weight excluding hydrogens is 238 g/mol. The van der Waals surface area contributed by atoms with Gasteiger partial charge in [0.15, 0.2) is 6.04 Å². The summed E-state index contributed by atoms with van der Waals surface area (Å²) in [6.07, 6.45) is -1.29. The summed E-state index contributed by atoms with van der Waals surface area (Å²) in [7, 11) is 2.64. The fourth-order valence-electron chi connectivity index (χ4n) is 1.42. The molecule has 0 saturated heterocycles. The van der Waals surface area contributed by atoms with E-state index in [1.807, 2.05) is 0 Å². The molecule has 0 spiro atoms. The van der Waals surface area contributed by atoms with Crippen LogP contribution >= 0.6 is 0 Å². The number of carbonyl (C=O) groups is 1. The molecule has 0 saturated carbocycles. The largest absolute Gasteiger partial charge is 0.497 e. The van der Waals surface area contributed by atoms with Crippen molar-refractivity contribution >= 4 is 5.97 Å². The average Bonchev–Trinajstić information content (AvgIpc) is 2.43. The number of esters is 1. The lowest BCUT2D eigenvalue weighted by Crippen LogP contribution is -2.27. The number of rotatable bonds is 5. The first kappa shape index (κ1) is 13.8. The Bertz CT molecular complexity index is 471. The number of benzene rings is 1. The Hall–Kier alpha value is -2.24. The van der Waals surface area contributed by atoms with Crippen LogP contribution in [0.1, 0.15) is 11.7 Å². The summed E-state index contributed by atoms with van der Waals surface area (Å²) in [4.78, 5) is 13.9. The Labute approximate surface area is 104 Å². The van der Waals surface area contributed by atoms with E-state index in [-0.39, 0.29) is 0 Å². The van der Waals surface area contributed by atoms with Crippen molar-refractivity contribution in [3.63, 3.8) is 0 Å². The van der Waals surface area contributed by atoms with Gasteiger partial charge in [-0.1, -0.05) is 17.2 Å². The predicted molar refractivity (Wildman–Crippen MR) is 62.9 cm³/mol. The van der Waals surface area contributed by atoms with Crippen LogP contribution < -0.4 is 4.74 Å². The zero-order valence-electron chi connectivity index (χ0n) is 9.98. The second kappa shape index (κ2) is 6.48. The van der Waals surface area contributed by atoms with E-state index in [1.54, 1.807) is 24.3 Å². The van der Waals surface area contributed by atoms with Gasteiger partial charge in [0.05, 0.1) is 20.3 Å². The highest BCUT2D eigenvalue weighted by atomic mass is 16.5. The number of azide groups is 1. The molecule has 0 fully saturated rings. The van der Waals surface area contributed by atoms with Crippen LogP contribution in [0.5, 0.6) is 5.75 Å². The molecule has 2 atom stereocenters. The van der Waals surface area contributed by atoms with Crippen molar-refractivity contribution in [3.8, 4) is 5.75 Å². The lowest BCUT2D eigenvalue weighted by Gasteiger charge is -2.17. The Kier molecular flexibility index (Phi) is 4.98. The Morgan fingerprint density at radius 2 is 2.22 bits per heavy atom. The van der Waals surface area contributed by atoms with Crippen molar-refractivity contribution in [1.29, 1.82) is 0 Å². The number of ether oxygens (including phenoxy) is 2. The first-order valence-electron chi connectivity index (χ1n) is 5.08. The van der Waals surface area contributed by atoms with Crippen molar-refractivity contribution in [2.45, 2.75) is 12.1 Å². The quantitative estimate of drug-likeness (QED) is 0.371. The molecule has 0 bridgehead atoms. The van der Waals surface area contributed by atoms with Gasteiger partial charge in [-0.05, 0) is 23.2 Å². The van der Waals surface area contributed by atoms with Crippen LogP contribution in [0, 0.1) is 0 Å². The van der Waals surface area contributed by atoms with Gasteiger partial charge in [0.1, 0.15) is 5.75 Å². The van der Waals surface area contributed by atoms with Crippen LogP contribution in [0.3, 0.4) is 0 Å². The predicted octanol–water partition coefficient (Wildman–Crippen LogP) is 1.58. The third-order valence-electron chi connectivity index (χ3n) is 2.35. The van der Waals surface area contributed by atoms with Gasteiger partial charge in [-0.25, -0.2) is 0 Å². The maximum atomic E-state index is 11.4. The number of aliphatic hydroxyl groups is 1. The highest BCUT2D eigenvalue weighted by Gasteiger charge is 2.28. The van der Waals surface area contributed by atoms with E-state index in [4.69, 9.17) is 10.3 Å². The van der Waals surface area contributed by atoms with Gasteiger partial charge in [-0.2, -0.15) is 0 Å². The molecule has 0 aliphatic heterocycles. The molecule has 1 aromatic carbocycles. The number of methoxy groups -OCH3 is 2. The summed E-state index contributed by atoms with van der Waals surface area (Å²) in [6.45, 7) is 0. The second-order valence-electron chi connectivity index (χ2n) is 3.39. The molecule has 7 nitrogen and oxygen atoms in total. The van der Waals surface area contributed by atoms with Gasteiger partial charge in [-0.15, -0.1) is 0 Å². The van der Waals surface area contributed by atoms with Gasteiger partial charge in [0.25, 0.3) is 0 Å². The maximum absolute atomic E-state index is 11.4. The molecule has 1 N–H and O–H groups in total. The van der Waals surface area contributed by atoms with Gasteiger partial charge in [0.2, 0.25) is 0 Å². The zero-order valence-corrected chi connectivity index (χ0v) is 9.98. The Morgan fingerprint density at radius 1 is 1.50 bits per heavy atom. The van der Waals surface area contributed by atoms with Crippen LogP contribution in [-0.2, 0) is 9.53 Å². The lowest BCUT2D eigenvalue weighted by molar-refractivity contribution is -0.144. The van der Waals surface area contributed by atoms with E-state index >= 15 is 0 Å². The van der Waals surface area contributed by atoms with Gasteiger partial charge in [0, 0.05) is 4.91 Å². The molecule has 0 aromatic heterocycles. The minimum Gasteiger partial charge on any atom is -0.497 e. The zero-order chi connectivity index (χ0) is 13.5. The first-order chi connectivity index (χ1) is 8.63. The molecule has 0 aliphatic carbocycles.